The number of carbonyl (C=O) groups is 1. The lowest BCUT2D eigenvalue weighted by Gasteiger charge is -2.22. The zero-order chi connectivity index (χ0) is 13.0. The van der Waals surface area contributed by atoms with Crippen molar-refractivity contribution >= 4 is 11.6 Å². The van der Waals surface area contributed by atoms with E-state index in [4.69, 9.17) is 4.74 Å². The van der Waals surface area contributed by atoms with Crippen LogP contribution in [0.1, 0.15) is 32.6 Å². The van der Waals surface area contributed by atoms with Crippen molar-refractivity contribution in [3.8, 4) is 5.75 Å². The number of benzene rings is 1. The van der Waals surface area contributed by atoms with E-state index in [1.807, 2.05) is 0 Å². The van der Waals surface area contributed by atoms with Crippen LogP contribution in [-0.2, 0) is 4.79 Å². The maximum absolute atomic E-state index is 10.9. The summed E-state index contributed by atoms with van der Waals surface area (Å²) in [4.78, 5) is 10.9. The summed E-state index contributed by atoms with van der Waals surface area (Å²) in [5.74, 6) is 0.619. The number of aliphatic hydroxyl groups is 1. The molecule has 0 atom stereocenters. The SMILES string of the molecule is CC(=O)Nc1ccc(OCC2(O)CCCC2)cc1. The zero-order valence-electron chi connectivity index (χ0n) is 10.6. The molecule has 18 heavy (non-hydrogen) atoms. The summed E-state index contributed by atoms with van der Waals surface area (Å²) in [6.07, 6.45) is 3.77. The van der Waals surface area contributed by atoms with Crippen molar-refractivity contribution in [3.63, 3.8) is 0 Å². The summed E-state index contributed by atoms with van der Waals surface area (Å²) in [5.41, 5.74) is 0.0884. The van der Waals surface area contributed by atoms with Crippen LogP contribution in [0.3, 0.4) is 0 Å². The molecule has 1 saturated carbocycles. The van der Waals surface area contributed by atoms with E-state index in [9.17, 15) is 9.90 Å². The Morgan fingerprint density at radius 3 is 2.50 bits per heavy atom. The van der Waals surface area contributed by atoms with Gasteiger partial charge in [0.25, 0.3) is 0 Å². The molecule has 1 aromatic carbocycles. The van der Waals surface area contributed by atoms with Gasteiger partial charge in [-0.2, -0.15) is 0 Å². The van der Waals surface area contributed by atoms with Crippen molar-refractivity contribution in [2.24, 2.45) is 0 Å². The zero-order valence-corrected chi connectivity index (χ0v) is 10.6. The fraction of sp³-hybridized carbons (Fsp3) is 0.500. The average molecular weight is 249 g/mol. The highest BCUT2D eigenvalue weighted by Gasteiger charge is 2.31. The van der Waals surface area contributed by atoms with Crippen LogP contribution in [-0.4, -0.2) is 23.2 Å². The van der Waals surface area contributed by atoms with Gasteiger partial charge in [0.2, 0.25) is 5.91 Å². The Morgan fingerprint density at radius 2 is 1.94 bits per heavy atom. The van der Waals surface area contributed by atoms with Crippen LogP contribution in [0.15, 0.2) is 24.3 Å². The van der Waals surface area contributed by atoms with Crippen molar-refractivity contribution in [2.75, 3.05) is 11.9 Å². The highest BCUT2D eigenvalue weighted by Crippen LogP contribution is 2.30. The number of hydrogen-bond donors (Lipinski definition) is 2. The maximum atomic E-state index is 10.9. The van der Waals surface area contributed by atoms with E-state index < -0.39 is 5.60 Å². The molecule has 1 aliphatic rings. The standard InChI is InChI=1S/C14H19NO3/c1-11(16)15-12-4-6-13(7-5-12)18-10-14(17)8-2-3-9-14/h4-7,17H,2-3,8-10H2,1H3,(H,15,16). The van der Waals surface area contributed by atoms with Crippen LogP contribution < -0.4 is 10.1 Å². The van der Waals surface area contributed by atoms with Gasteiger partial charge in [-0.1, -0.05) is 12.8 Å². The van der Waals surface area contributed by atoms with E-state index in [-0.39, 0.29) is 5.91 Å². The largest absolute Gasteiger partial charge is 0.491 e. The van der Waals surface area contributed by atoms with Gasteiger partial charge in [-0.15, -0.1) is 0 Å². The molecule has 1 aromatic rings. The highest BCUT2D eigenvalue weighted by molar-refractivity contribution is 5.88. The molecule has 0 radical (unpaired) electrons. The van der Waals surface area contributed by atoms with E-state index in [1.165, 1.54) is 6.92 Å². The van der Waals surface area contributed by atoms with Crippen LogP contribution in [0, 0.1) is 0 Å². The van der Waals surface area contributed by atoms with Gasteiger partial charge in [0, 0.05) is 12.6 Å². The molecule has 0 aliphatic heterocycles. The molecule has 0 aromatic heterocycles. The molecule has 1 aliphatic carbocycles. The van der Waals surface area contributed by atoms with Gasteiger partial charge in [-0.25, -0.2) is 0 Å². The number of nitrogens with one attached hydrogen (secondary N) is 1. The van der Waals surface area contributed by atoms with Crippen LogP contribution in [0.4, 0.5) is 5.69 Å². The Balaban J connectivity index is 1.88. The Hall–Kier alpha value is -1.55. The first-order valence-corrected chi connectivity index (χ1v) is 6.30. The van der Waals surface area contributed by atoms with E-state index in [2.05, 4.69) is 5.32 Å². The minimum Gasteiger partial charge on any atom is -0.491 e. The number of anilines is 1. The lowest BCUT2D eigenvalue weighted by atomic mass is 10.0. The first-order valence-electron chi connectivity index (χ1n) is 6.30. The minimum absolute atomic E-state index is 0.0936. The number of carbonyl (C=O) groups excluding carboxylic acids is 1. The maximum Gasteiger partial charge on any atom is 0.221 e. The quantitative estimate of drug-likeness (QED) is 0.861. The van der Waals surface area contributed by atoms with E-state index >= 15 is 0 Å². The second kappa shape index (κ2) is 5.40. The monoisotopic (exact) mass is 249 g/mol. The third kappa shape index (κ3) is 3.47. The summed E-state index contributed by atoms with van der Waals surface area (Å²) in [7, 11) is 0. The van der Waals surface area contributed by atoms with Gasteiger partial charge in [0.15, 0.2) is 0 Å². The molecule has 4 heteroatoms. The second-order valence-electron chi connectivity index (χ2n) is 4.93. The Morgan fingerprint density at radius 1 is 1.33 bits per heavy atom. The molecule has 98 valence electrons. The first kappa shape index (κ1) is 12.9. The van der Waals surface area contributed by atoms with Crippen LogP contribution in [0.25, 0.3) is 0 Å². The molecule has 2 rings (SSSR count). The topological polar surface area (TPSA) is 58.6 Å². The normalized spacial score (nSPS) is 17.4. The van der Waals surface area contributed by atoms with E-state index in [0.29, 0.717) is 12.4 Å². The van der Waals surface area contributed by atoms with Crippen LogP contribution in [0.2, 0.25) is 0 Å². The molecule has 1 amide bonds. The van der Waals surface area contributed by atoms with Crippen LogP contribution >= 0.6 is 0 Å². The van der Waals surface area contributed by atoms with E-state index in [0.717, 1.165) is 31.4 Å². The van der Waals surface area contributed by atoms with Gasteiger partial charge >= 0.3 is 0 Å². The molecular formula is C14H19NO3. The molecule has 1 fully saturated rings. The summed E-state index contributed by atoms with van der Waals surface area (Å²) < 4.78 is 5.59. The van der Waals surface area contributed by atoms with Crippen molar-refractivity contribution in [1.29, 1.82) is 0 Å². The lowest BCUT2D eigenvalue weighted by Crippen LogP contribution is -2.32. The molecule has 0 unspecified atom stereocenters. The van der Waals surface area contributed by atoms with Crippen molar-refractivity contribution in [2.45, 2.75) is 38.2 Å². The summed E-state index contributed by atoms with van der Waals surface area (Å²) in [5, 5.41) is 12.8. The third-order valence-corrected chi connectivity index (χ3v) is 3.22. The van der Waals surface area contributed by atoms with Gasteiger partial charge in [-0.3, -0.25) is 4.79 Å². The predicted octanol–water partition coefficient (Wildman–Crippen LogP) is 2.33. The second-order valence-corrected chi connectivity index (χ2v) is 4.93. The summed E-state index contributed by atoms with van der Waals surface area (Å²) >= 11 is 0. The molecule has 2 N–H and O–H groups in total. The Kier molecular flexibility index (Phi) is 3.87. The fourth-order valence-electron chi connectivity index (χ4n) is 2.23. The Labute approximate surface area is 107 Å². The van der Waals surface area contributed by atoms with Crippen LogP contribution in [0.5, 0.6) is 5.75 Å². The van der Waals surface area contributed by atoms with Gasteiger partial charge < -0.3 is 15.2 Å². The smallest absolute Gasteiger partial charge is 0.221 e. The average Bonchev–Trinajstić information content (AvgIpc) is 2.75. The predicted molar refractivity (Wildman–Crippen MR) is 69.7 cm³/mol. The van der Waals surface area contributed by atoms with Crippen molar-refractivity contribution in [1.82, 2.24) is 0 Å². The molecular weight excluding hydrogens is 230 g/mol. The summed E-state index contributed by atoms with van der Waals surface area (Å²) in [6.45, 7) is 1.81. The molecule has 0 bridgehead atoms. The molecule has 4 nitrogen and oxygen atoms in total. The lowest BCUT2D eigenvalue weighted by molar-refractivity contribution is -0.114. The minimum atomic E-state index is -0.656. The fourth-order valence-corrected chi connectivity index (χ4v) is 2.23. The van der Waals surface area contributed by atoms with Crippen molar-refractivity contribution < 1.29 is 14.6 Å². The third-order valence-electron chi connectivity index (χ3n) is 3.22. The molecule has 0 spiro atoms. The van der Waals surface area contributed by atoms with E-state index in [1.54, 1.807) is 24.3 Å². The molecule has 0 heterocycles. The number of amides is 1. The summed E-state index contributed by atoms with van der Waals surface area (Å²) in [6, 6.07) is 7.16. The van der Waals surface area contributed by atoms with Crippen molar-refractivity contribution in [3.05, 3.63) is 24.3 Å². The first-order chi connectivity index (χ1) is 8.57. The number of hydrogen-bond acceptors (Lipinski definition) is 3. The van der Waals surface area contributed by atoms with Gasteiger partial charge in [0.05, 0.1) is 5.60 Å². The number of ether oxygens (including phenoxy) is 1. The Bertz CT molecular complexity index is 408. The molecule has 0 saturated heterocycles. The van der Waals surface area contributed by atoms with Gasteiger partial charge in [-0.05, 0) is 37.1 Å². The number of rotatable bonds is 4. The highest BCUT2D eigenvalue weighted by atomic mass is 16.5. The van der Waals surface area contributed by atoms with Gasteiger partial charge in [0.1, 0.15) is 12.4 Å².